The molecule has 3 heteroatoms. The number of rotatable bonds is 1. The Morgan fingerprint density at radius 3 is 2.73 bits per heavy atom. The third-order valence-electron chi connectivity index (χ3n) is 2.96. The summed E-state index contributed by atoms with van der Waals surface area (Å²) in [6, 6.07) is 0.660. The molecule has 0 aromatic rings. The van der Waals surface area contributed by atoms with Crippen LogP contribution in [0.4, 0.5) is 0 Å². The van der Waals surface area contributed by atoms with E-state index in [-0.39, 0.29) is 0 Å². The highest BCUT2D eigenvalue weighted by Crippen LogP contribution is 2.35. The second-order valence-corrected chi connectivity index (χ2v) is 4.12. The summed E-state index contributed by atoms with van der Waals surface area (Å²) < 4.78 is 5.41. The number of ether oxygens (including phenoxy) is 1. The van der Waals surface area contributed by atoms with Crippen molar-refractivity contribution in [2.75, 3.05) is 7.11 Å². The summed E-state index contributed by atoms with van der Waals surface area (Å²) in [5.41, 5.74) is 0. The second-order valence-electron chi connectivity index (χ2n) is 3.56. The van der Waals surface area contributed by atoms with E-state index >= 15 is 0 Å². The van der Waals surface area contributed by atoms with Crippen molar-refractivity contribution in [3.63, 3.8) is 0 Å². The molecule has 1 N–H and O–H groups in total. The van der Waals surface area contributed by atoms with Gasteiger partial charge in [0.2, 0.25) is 0 Å². The molecule has 0 aromatic heterocycles. The van der Waals surface area contributed by atoms with Crippen LogP contribution in [-0.4, -0.2) is 24.6 Å². The summed E-state index contributed by atoms with van der Waals surface area (Å²) in [7, 11) is 1.81. The summed E-state index contributed by atoms with van der Waals surface area (Å²) in [5, 5.41) is 3.83. The lowest BCUT2D eigenvalue weighted by atomic mass is 9.79. The van der Waals surface area contributed by atoms with Crippen LogP contribution in [0.2, 0.25) is 0 Å². The molecule has 2 bridgehead atoms. The highest BCUT2D eigenvalue weighted by molar-refractivity contribution is 7.80. The summed E-state index contributed by atoms with van der Waals surface area (Å²) in [5.74, 6) is 0.633. The quantitative estimate of drug-likeness (QED) is 0.578. The molecule has 2 saturated heterocycles. The number of hydrogen-bond donors (Lipinski definition) is 2. The van der Waals surface area contributed by atoms with Crippen molar-refractivity contribution in [2.45, 2.75) is 36.8 Å². The number of piperidine rings is 2. The highest BCUT2D eigenvalue weighted by Gasteiger charge is 2.40. The summed E-state index contributed by atoms with van der Waals surface area (Å²) in [6.45, 7) is 0. The molecule has 0 spiro atoms. The van der Waals surface area contributed by atoms with Crippen molar-refractivity contribution in [3.8, 4) is 0 Å². The Morgan fingerprint density at radius 1 is 1.45 bits per heavy atom. The summed E-state index contributed by atoms with van der Waals surface area (Å²) in [6.07, 6.45) is 4.22. The maximum Gasteiger partial charge on any atom is 0.0637 e. The number of methoxy groups -OCH3 is 1. The minimum atomic E-state index is 0.368. The van der Waals surface area contributed by atoms with Crippen LogP contribution in [0.25, 0.3) is 0 Å². The van der Waals surface area contributed by atoms with E-state index in [0.717, 1.165) is 0 Å². The Morgan fingerprint density at radius 2 is 2.27 bits per heavy atom. The average molecular weight is 173 g/mol. The molecule has 0 aromatic carbocycles. The summed E-state index contributed by atoms with van der Waals surface area (Å²) >= 11 is 4.49. The Hall–Kier alpha value is 0.270. The molecule has 1 saturated carbocycles. The third kappa shape index (κ3) is 1.30. The van der Waals surface area contributed by atoms with Crippen LogP contribution >= 0.6 is 12.6 Å². The lowest BCUT2D eigenvalue weighted by Crippen LogP contribution is -2.56. The van der Waals surface area contributed by atoms with E-state index in [4.69, 9.17) is 4.74 Å². The van der Waals surface area contributed by atoms with Crippen LogP contribution in [0.15, 0.2) is 0 Å². The molecule has 64 valence electrons. The Bertz CT molecular complexity index is 153. The average Bonchev–Trinajstić information content (AvgIpc) is 2.04. The molecule has 4 atom stereocenters. The third-order valence-corrected chi connectivity index (χ3v) is 3.49. The van der Waals surface area contributed by atoms with Gasteiger partial charge < -0.3 is 10.1 Å². The van der Waals surface area contributed by atoms with Crippen LogP contribution < -0.4 is 5.32 Å². The first kappa shape index (κ1) is 7.90. The van der Waals surface area contributed by atoms with Crippen molar-refractivity contribution in [3.05, 3.63) is 0 Å². The van der Waals surface area contributed by atoms with Crippen LogP contribution in [0, 0.1) is 5.92 Å². The zero-order chi connectivity index (χ0) is 7.84. The van der Waals surface area contributed by atoms with Gasteiger partial charge in [0.25, 0.3) is 0 Å². The molecule has 2 heterocycles. The highest BCUT2D eigenvalue weighted by atomic mass is 32.1. The van der Waals surface area contributed by atoms with Crippen molar-refractivity contribution in [1.29, 1.82) is 0 Å². The van der Waals surface area contributed by atoms with Crippen molar-refractivity contribution >= 4 is 12.6 Å². The van der Waals surface area contributed by atoms with Gasteiger partial charge in [-0.3, -0.25) is 0 Å². The maximum absolute atomic E-state index is 5.41. The molecular weight excluding hydrogens is 158 g/mol. The zero-order valence-electron chi connectivity index (χ0n) is 6.79. The first-order chi connectivity index (χ1) is 5.31. The molecule has 3 aliphatic rings. The predicted octanol–water partition coefficient (Wildman–Crippen LogP) is 1.03. The van der Waals surface area contributed by atoms with E-state index in [1.807, 2.05) is 7.11 Å². The number of hydrogen-bond acceptors (Lipinski definition) is 3. The van der Waals surface area contributed by atoms with Gasteiger partial charge in [0, 0.05) is 19.1 Å². The minimum absolute atomic E-state index is 0.368. The standard InChI is InChI=1S/C8H15NOS/c1-10-7-4-5-2-3-6(7)8(11)9-5/h5-9,11H,2-4H2,1H3. The first-order valence-corrected chi connectivity index (χ1v) is 4.80. The van der Waals surface area contributed by atoms with E-state index < -0.39 is 0 Å². The fourth-order valence-electron chi connectivity index (χ4n) is 2.30. The number of nitrogens with one attached hydrogen (secondary N) is 1. The lowest BCUT2D eigenvalue weighted by Gasteiger charge is -2.46. The van der Waals surface area contributed by atoms with Crippen molar-refractivity contribution in [1.82, 2.24) is 5.32 Å². The maximum atomic E-state index is 5.41. The SMILES string of the molecule is COC1CC2CCC1C(S)N2. The Labute approximate surface area is 73.1 Å². The van der Waals surface area contributed by atoms with Crippen LogP contribution in [-0.2, 0) is 4.74 Å². The molecule has 0 radical (unpaired) electrons. The van der Waals surface area contributed by atoms with Gasteiger partial charge in [0.15, 0.2) is 0 Å². The van der Waals surface area contributed by atoms with Gasteiger partial charge in [-0.25, -0.2) is 0 Å². The Balaban J connectivity index is 2.07. The molecule has 4 unspecified atom stereocenters. The van der Waals surface area contributed by atoms with Gasteiger partial charge in [0.1, 0.15) is 0 Å². The van der Waals surface area contributed by atoms with Gasteiger partial charge in [-0.05, 0) is 19.3 Å². The molecule has 11 heavy (non-hydrogen) atoms. The van der Waals surface area contributed by atoms with E-state index in [2.05, 4.69) is 17.9 Å². The molecule has 0 amide bonds. The lowest BCUT2D eigenvalue weighted by molar-refractivity contribution is -0.0185. The zero-order valence-corrected chi connectivity index (χ0v) is 7.68. The van der Waals surface area contributed by atoms with Gasteiger partial charge >= 0.3 is 0 Å². The molecule has 2 nitrogen and oxygen atoms in total. The molecule has 2 aliphatic heterocycles. The van der Waals surface area contributed by atoms with E-state index in [0.29, 0.717) is 23.4 Å². The number of fused-ring (bicyclic) bond motifs is 3. The molecule has 3 rings (SSSR count). The topological polar surface area (TPSA) is 21.3 Å². The van der Waals surface area contributed by atoms with Gasteiger partial charge in [-0.15, -0.1) is 0 Å². The molecular formula is C8H15NOS. The van der Waals surface area contributed by atoms with Gasteiger partial charge in [0.05, 0.1) is 11.5 Å². The van der Waals surface area contributed by atoms with Crippen LogP contribution in [0.5, 0.6) is 0 Å². The Kier molecular flexibility index (Phi) is 2.12. The van der Waals surface area contributed by atoms with Gasteiger partial charge in [-0.2, -0.15) is 12.6 Å². The van der Waals surface area contributed by atoms with Crippen molar-refractivity contribution < 1.29 is 4.74 Å². The minimum Gasteiger partial charge on any atom is -0.381 e. The van der Waals surface area contributed by atoms with Crippen LogP contribution in [0.1, 0.15) is 19.3 Å². The monoisotopic (exact) mass is 173 g/mol. The molecule has 3 fully saturated rings. The van der Waals surface area contributed by atoms with Gasteiger partial charge in [-0.1, -0.05) is 0 Å². The van der Waals surface area contributed by atoms with E-state index in [1.165, 1.54) is 19.3 Å². The summed E-state index contributed by atoms with van der Waals surface area (Å²) in [4.78, 5) is 0. The fourth-order valence-corrected chi connectivity index (χ4v) is 2.85. The first-order valence-electron chi connectivity index (χ1n) is 4.28. The largest absolute Gasteiger partial charge is 0.381 e. The normalized spacial score (nSPS) is 49.6. The van der Waals surface area contributed by atoms with E-state index in [9.17, 15) is 0 Å². The van der Waals surface area contributed by atoms with Crippen LogP contribution in [0.3, 0.4) is 0 Å². The number of thiol groups is 1. The molecule has 1 aliphatic carbocycles. The smallest absolute Gasteiger partial charge is 0.0637 e. The van der Waals surface area contributed by atoms with E-state index in [1.54, 1.807) is 0 Å². The van der Waals surface area contributed by atoms with Crippen molar-refractivity contribution in [2.24, 2.45) is 5.92 Å². The predicted molar refractivity (Wildman–Crippen MR) is 47.8 cm³/mol. The second kappa shape index (κ2) is 2.96. The fraction of sp³-hybridized carbons (Fsp3) is 1.00.